The highest BCUT2D eigenvalue weighted by atomic mass is 32.2. The molecule has 1 aromatic carbocycles. The molecule has 2 N–H and O–H groups in total. The maximum Gasteiger partial charge on any atom is 0.236 e. The number of para-hydroxylation sites is 1. The molecule has 5 heteroatoms. The van der Waals surface area contributed by atoms with Gasteiger partial charge in [-0.15, -0.1) is 11.8 Å². The SMILES string of the molecule is CC[NH2+]CCN1C(=O)[C@H](C)S[C@H]1c1ccccc1OC. The van der Waals surface area contributed by atoms with Gasteiger partial charge in [0.2, 0.25) is 5.91 Å². The number of carbonyl (C=O) groups is 1. The summed E-state index contributed by atoms with van der Waals surface area (Å²) in [5.41, 5.74) is 1.09. The second-order valence-corrected chi connectivity index (χ2v) is 6.32. The van der Waals surface area contributed by atoms with E-state index in [2.05, 4.69) is 18.3 Å². The van der Waals surface area contributed by atoms with Crippen LogP contribution in [0.3, 0.4) is 0 Å². The fourth-order valence-corrected chi connectivity index (χ4v) is 3.78. The Balaban J connectivity index is 2.21. The highest BCUT2D eigenvalue weighted by Crippen LogP contribution is 2.45. The fourth-order valence-electron chi connectivity index (χ4n) is 2.45. The summed E-state index contributed by atoms with van der Waals surface area (Å²) in [6.45, 7) is 6.89. The summed E-state index contributed by atoms with van der Waals surface area (Å²) < 4.78 is 5.44. The fraction of sp³-hybridized carbons (Fsp3) is 0.533. The summed E-state index contributed by atoms with van der Waals surface area (Å²) in [4.78, 5) is 14.3. The number of hydrogen-bond acceptors (Lipinski definition) is 3. The van der Waals surface area contributed by atoms with E-state index in [4.69, 9.17) is 4.74 Å². The number of ether oxygens (including phenoxy) is 1. The van der Waals surface area contributed by atoms with Gasteiger partial charge in [0.05, 0.1) is 32.0 Å². The van der Waals surface area contributed by atoms with Crippen LogP contribution in [0.4, 0.5) is 0 Å². The average molecular weight is 295 g/mol. The largest absolute Gasteiger partial charge is 0.496 e. The van der Waals surface area contributed by atoms with Gasteiger partial charge >= 0.3 is 0 Å². The zero-order chi connectivity index (χ0) is 14.5. The van der Waals surface area contributed by atoms with Crippen LogP contribution in [0.2, 0.25) is 0 Å². The van der Waals surface area contributed by atoms with Crippen LogP contribution in [-0.4, -0.2) is 42.8 Å². The summed E-state index contributed by atoms with van der Waals surface area (Å²) in [6, 6.07) is 7.97. The van der Waals surface area contributed by atoms with Gasteiger partial charge in [-0.05, 0) is 19.9 Å². The molecule has 1 amide bonds. The topological polar surface area (TPSA) is 46.2 Å². The molecular formula is C15H23N2O2S+. The molecule has 1 heterocycles. The lowest BCUT2D eigenvalue weighted by molar-refractivity contribution is -0.651. The predicted molar refractivity (Wildman–Crippen MR) is 81.8 cm³/mol. The van der Waals surface area contributed by atoms with Crippen molar-refractivity contribution in [2.75, 3.05) is 26.7 Å². The van der Waals surface area contributed by atoms with E-state index in [0.29, 0.717) is 0 Å². The zero-order valence-corrected chi connectivity index (χ0v) is 13.2. The minimum atomic E-state index is 0.0199. The number of quaternary nitrogens is 1. The molecule has 0 radical (unpaired) electrons. The molecule has 1 saturated heterocycles. The van der Waals surface area contributed by atoms with E-state index in [1.54, 1.807) is 18.9 Å². The Labute approximate surface area is 124 Å². The van der Waals surface area contributed by atoms with Crippen molar-refractivity contribution in [2.24, 2.45) is 0 Å². The normalized spacial score (nSPS) is 22.4. The minimum absolute atomic E-state index is 0.0199. The standard InChI is InChI=1S/C15H22N2O2S/c1-4-16-9-10-17-14(18)11(2)20-15(17)12-7-5-6-8-13(12)19-3/h5-8,11,15-16H,4,9-10H2,1-3H3/p+1/t11-,15-/m0/s1. The molecule has 0 aliphatic carbocycles. The quantitative estimate of drug-likeness (QED) is 0.803. The molecule has 0 saturated carbocycles. The van der Waals surface area contributed by atoms with Gasteiger partial charge in [0.1, 0.15) is 11.1 Å². The van der Waals surface area contributed by atoms with E-state index in [1.165, 1.54) is 0 Å². The summed E-state index contributed by atoms with van der Waals surface area (Å²) >= 11 is 1.70. The summed E-state index contributed by atoms with van der Waals surface area (Å²) in [6.07, 6.45) is 0. The number of amides is 1. The minimum Gasteiger partial charge on any atom is -0.496 e. The molecule has 1 aliphatic rings. The number of benzene rings is 1. The molecule has 1 aliphatic heterocycles. The van der Waals surface area contributed by atoms with E-state index in [-0.39, 0.29) is 16.5 Å². The van der Waals surface area contributed by atoms with E-state index in [9.17, 15) is 4.79 Å². The Morgan fingerprint density at radius 1 is 1.40 bits per heavy atom. The highest BCUT2D eigenvalue weighted by molar-refractivity contribution is 8.01. The first kappa shape index (κ1) is 15.2. The molecule has 2 rings (SSSR count). The molecule has 0 bridgehead atoms. The molecule has 20 heavy (non-hydrogen) atoms. The number of carbonyl (C=O) groups excluding carboxylic acids is 1. The van der Waals surface area contributed by atoms with Gasteiger partial charge in [-0.1, -0.05) is 18.2 Å². The van der Waals surface area contributed by atoms with Crippen LogP contribution in [-0.2, 0) is 4.79 Å². The zero-order valence-electron chi connectivity index (χ0n) is 12.3. The van der Waals surface area contributed by atoms with Crippen LogP contribution in [0.25, 0.3) is 0 Å². The van der Waals surface area contributed by atoms with Gasteiger partial charge in [0.15, 0.2) is 0 Å². The summed E-state index contributed by atoms with van der Waals surface area (Å²) in [7, 11) is 1.68. The number of likely N-dealkylation sites (N-methyl/N-ethyl adjacent to an activating group) is 1. The van der Waals surface area contributed by atoms with Crippen molar-refractivity contribution in [2.45, 2.75) is 24.5 Å². The van der Waals surface area contributed by atoms with Crippen molar-refractivity contribution < 1.29 is 14.8 Å². The third-order valence-electron chi connectivity index (χ3n) is 3.51. The Morgan fingerprint density at radius 2 is 2.15 bits per heavy atom. The monoisotopic (exact) mass is 295 g/mol. The third-order valence-corrected chi connectivity index (χ3v) is 4.89. The van der Waals surface area contributed by atoms with E-state index in [0.717, 1.165) is 30.9 Å². The van der Waals surface area contributed by atoms with Gasteiger partial charge in [-0.3, -0.25) is 4.79 Å². The number of nitrogens with zero attached hydrogens (tertiary/aromatic N) is 1. The average Bonchev–Trinajstić information content (AvgIpc) is 2.75. The lowest BCUT2D eigenvalue weighted by atomic mass is 10.1. The smallest absolute Gasteiger partial charge is 0.236 e. The Hall–Kier alpha value is -1.20. The van der Waals surface area contributed by atoms with Crippen molar-refractivity contribution in [3.63, 3.8) is 0 Å². The molecule has 1 aromatic rings. The molecule has 0 spiro atoms. The third kappa shape index (κ3) is 3.10. The van der Waals surface area contributed by atoms with Crippen LogP contribution < -0.4 is 10.1 Å². The second-order valence-electron chi connectivity index (χ2n) is 4.89. The Kier molecular flexibility index (Phi) is 5.31. The number of hydrogen-bond donors (Lipinski definition) is 1. The molecule has 1 fully saturated rings. The molecule has 0 unspecified atom stereocenters. The van der Waals surface area contributed by atoms with E-state index in [1.807, 2.05) is 30.0 Å². The maximum absolute atomic E-state index is 12.3. The van der Waals surface area contributed by atoms with Crippen LogP contribution in [0.15, 0.2) is 24.3 Å². The molecular weight excluding hydrogens is 272 g/mol. The lowest BCUT2D eigenvalue weighted by Crippen LogP contribution is -2.85. The van der Waals surface area contributed by atoms with E-state index >= 15 is 0 Å². The number of thioether (sulfide) groups is 1. The van der Waals surface area contributed by atoms with Crippen LogP contribution in [0.1, 0.15) is 24.8 Å². The van der Waals surface area contributed by atoms with Crippen molar-refractivity contribution >= 4 is 17.7 Å². The Morgan fingerprint density at radius 3 is 2.85 bits per heavy atom. The molecule has 0 aromatic heterocycles. The first-order chi connectivity index (χ1) is 9.69. The molecule has 2 atom stereocenters. The van der Waals surface area contributed by atoms with Crippen LogP contribution in [0, 0.1) is 0 Å². The van der Waals surface area contributed by atoms with Crippen molar-refractivity contribution in [3.05, 3.63) is 29.8 Å². The second kappa shape index (κ2) is 6.99. The number of nitrogens with two attached hydrogens (primary N) is 1. The summed E-state index contributed by atoms with van der Waals surface area (Å²) in [5, 5.41) is 2.31. The van der Waals surface area contributed by atoms with Crippen molar-refractivity contribution in [1.29, 1.82) is 0 Å². The van der Waals surface area contributed by atoms with Gasteiger partial charge in [-0.2, -0.15) is 0 Å². The first-order valence-electron chi connectivity index (χ1n) is 7.09. The van der Waals surface area contributed by atoms with Crippen molar-refractivity contribution in [3.8, 4) is 5.75 Å². The van der Waals surface area contributed by atoms with Gasteiger partial charge in [0, 0.05) is 5.56 Å². The lowest BCUT2D eigenvalue weighted by Gasteiger charge is -2.24. The van der Waals surface area contributed by atoms with Crippen LogP contribution >= 0.6 is 11.8 Å². The maximum atomic E-state index is 12.3. The van der Waals surface area contributed by atoms with Gasteiger partial charge < -0.3 is 15.0 Å². The molecule has 110 valence electrons. The molecule has 4 nitrogen and oxygen atoms in total. The Bertz CT molecular complexity index is 467. The highest BCUT2D eigenvalue weighted by Gasteiger charge is 2.39. The number of methoxy groups -OCH3 is 1. The predicted octanol–water partition coefficient (Wildman–Crippen LogP) is 1.24. The van der Waals surface area contributed by atoms with Gasteiger partial charge in [0.25, 0.3) is 0 Å². The first-order valence-corrected chi connectivity index (χ1v) is 8.03. The van der Waals surface area contributed by atoms with Crippen molar-refractivity contribution in [1.82, 2.24) is 4.90 Å². The van der Waals surface area contributed by atoms with Crippen LogP contribution in [0.5, 0.6) is 5.75 Å². The van der Waals surface area contributed by atoms with Gasteiger partial charge in [-0.25, -0.2) is 0 Å². The number of rotatable bonds is 6. The summed E-state index contributed by atoms with van der Waals surface area (Å²) in [5.74, 6) is 1.09. The van der Waals surface area contributed by atoms with E-state index < -0.39 is 0 Å².